The molecule has 2 N–H and O–H groups in total. The molecular formula is C21H29IO8Se. The Hall–Kier alpha value is -0.301. The normalized spacial score (nSPS) is 41.0. The van der Waals surface area contributed by atoms with Gasteiger partial charge in [0.15, 0.2) is 0 Å². The molecule has 0 aromatic heterocycles. The van der Waals surface area contributed by atoms with Crippen LogP contribution >= 0.6 is 22.6 Å². The molecule has 0 unspecified atom stereocenters. The van der Waals surface area contributed by atoms with Crippen LogP contribution in [-0.4, -0.2) is 91.4 Å². The molecule has 0 amide bonds. The molecule has 0 aliphatic carbocycles. The number of aliphatic hydroxyl groups is 2. The Balaban J connectivity index is 1.88. The number of esters is 1. The molecule has 10 heteroatoms. The zero-order chi connectivity index (χ0) is 22.7. The molecule has 1 aromatic carbocycles. The average Bonchev–Trinajstić information content (AvgIpc) is 2.72. The van der Waals surface area contributed by atoms with Crippen LogP contribution in [0.15, 0.2) is 30.3 Å². The van der Waals surface area contributed by atoms with Crippen LogP contribution in [0.3, 0.4) is 0 Å². The monoisotopic (exact) mass is 616 g/mol. The van der Waals surface area contributed by atoms with Crippen LogP contribution in [0.4, 0.5) is 0 Å². The van der Waals surface area contributed by atoms with Gasteiger partial charge in [-0.25, -0.2) is 0 Å². The van der Waals surface area contributed by atoms with E-state index in [1.165, 1.54) is 14.0 Å². The van der Waals surface area contributed by atoms with Gasteiger partial charge < -0.3 is 0 Å². The first kappa shape index (κ1) is 25.3. The van der Waals surface area contributed by atoms with Crippen LogP contribution in [-0.2, 0) is 28.5 Å². The van der Waals surface area contributed by atoms with Crippen molar-refractivity contribution in [3.05, 3.63) is 30.3 Å². The van der Waals surface area contributed by atoms with E-state index >= 15 is 0 Å². The van der Waals surface area contributed by atoms with Crippen molar-refractivity contribution in [2.24, 2.45) is 0 Å². The maximum absolute atomic E-state index is 11.8. The van der Waals surface area contributed by atoms with Gasteiger partial charge in [0.05, 0.1) is 0 Å². The molecule has 2 fully saturated rings. The Morgan fingerprint density at radius 3 is 2.32 bits per heavy atom. The van der Waals surface area contributed by atoms with Crippen molar-refractivity contribution in [2.75, 3.05) is 7.11 Å². The SMILES string of the molecule is CO[C@@H]1[C@H](O)[C@H](I)[C@@H](O[C@H]2[C@@H](OC(C)=O)[C@@H](C)O[C@H](O)[C@@H]2[Se]c2ccccc2)O[C@@H]1C. The number of aliphatic hydroxyl groups excluding tert-OH is 2. The summed E-state index contributed by atoms with van der Waals surface area (Å²) in [6.45, 7) is 4.88. The Labute approximate surface area is 202 Å². The predicted octanol–water partition coefficient (Wildman–Crippen LogP) is 0.783. The second-order valence-corrected chi connectivity index (χ2v) is 11.7. The topological polar surface area (TPSA) is 104 Å². The van der Waals surface area contributed by atoms with Crippen molar-refractivity contribution in [3.8, 4) is 0 Å². The Kier molecular flexibility index (Phi) is 9.16. The summed E-state index contributed by atoms with van der Waals surface area (Å²) in [4.78, 5) is 11.4. The molecule has 2 saturated heterocycles. The van der Waals surface area contributed by atoms with Crippen molar-refractivity contribution < 1.29 is 38.7 Å². The fourth-order valence-corrected chi connectivity index (χ4v) is 7.05. The van der Waals surface area contributed by atoms with Crippen LogP contribution in [0.5, 0.6) is 0 Å². The molecule has 3 rings (SSSR count). The number of carbonyl (C=O) groups is 1. The van der Waals surface area contributed by atoms with Crippen molar-refractivity contribution in [2.45, 2.75) is 78.7 Å². The minimum absolute atomic E-state index is 0.237. The molecule has 8 nitrogen and oxygen atoms in total. The fraction of sp³-hybridized carbons (Fsp3) is 0.667. The van der Waals surface area contributed by atoms with Gasteiger partial charge in [-0.2, -0.15) is 0 Å². The van der Waals surface area contributed by atoms with E-state index in [0.29, 0.717) is 0 Å². The molecule has 0 bridgehead atoms. The summed E-state index contributed by atoms with van der Waals surface area (Å²) < 4.78 is 29.7. The van der Waals surface area contributed by atoms with Crippen LogP contribution in [0.25, 0.3) is 0 Å². The Bertz CT molecular complexity index is 725. The van der Waals surface area contributed by atoms with E-state index in [-0.39, 0.29) is 15.0 Å². The van der Waals surface area contributed by atoms with Crippen LogP contribution in [0, 0.1) is 0 Å². The molecule has 0 radical (unpaired) electrons. The van der Waals surface area contributed by atoms with Gasteiger partial charge in [0.25, 0.3) is 0 Å². The van der Waals surface area contributed by atoms with E-state index in [1.807, 2.05) is 37.3 Å². The van der Waals surface area contributed by atoms with Crippen molar-refractivity contribution in [1.82, 2.24) is 0 Å². The molecule has 0 spiro atoms. The number of benzene rings is 1. The molecule has 31 heavy (non-hydrogen) atoms. The third-order valence-corrected chi connectivity index (χ3v) is 9.45. The first-order valence-corrected chi connectivity index (χ1v) is 13.2. The first-order valence-electron chi connectivity index (χ1n) is 10.1. The summed E-state index contributed by atoms with van der Waals surface area (Å²) in [5.74, 6) is -0.458. The molecule has 2 aliphatic rings. The van der Waals surface area contributed by atoms with Gasteiger partial charge in [0, 0.05) is 0 Å². The molecule has 2 aliphatic heterocycles. The maximum atomic E-state index is 11.8. The summed E-state index contributed by atoms with van der Waals surface area (Å²) in [6, 6.07) is 9.76. The second-order valence-electron chi connectivity index (χ2n) is 7.65. The number of ether oxygens (including phenoxy) is 5. The van der Waals surface area contributed by atoms with E-state index in [4.69, 9.17) is 23.7 Å². The number of hydrogen-bond donors (Lipinski definition) is 2. The summed E-state index contributed by atoms with van der Waals surface area (Å²) >= 11 is 1.85. The molecule has 2 heterocycles. The average molecular weight is 615 g/mol. The molecule has 10 atom stereocenters. The summed E-state index contributed by atoms with van der Waals surface area (Å²) in [7, 11) is 1.53. The third-order valence-electron chi connectivity index (χ3n) is 5.36. The quantitative estimate of drug-likeness (QED) is 0.210. The van der Waals surface area contributed by atoms with Gasteiger partial charge in [0.2, 0.25) is 0 Å². The molecule has 0 saturated carbocycles. The van der Waals surface area contributed by atoms with E-state index < -0.39 is 63.9 Å². The van der Waals surface area contributed by atoms with Gasteiger partial charge in [-0.1, -0.05) is 0 Å². The standard InChI is InChI=1S/C21H29IO8Se/c1-10-16(26-4)15(24)14(22)21(28-10)30-18-17(29-12(3)23)11(2)27-20(25)19(18)31-13-8-6-5-7-9-13/h5-11,14-21,24-25H,1-4H3/t10-,11-,14+,15-,16+,17+,18+,19-,20+,21-/m1/s1. The molecule has 174 valence electrons. The van der Waals surface area contributed by atoms with Gasteiger partial charge in [-0.05, 0) is 0 Å². The van der Waals surface area contributed by atoms with Gasteiger partial charge in [0.1, 0.15) is 0 Å². The summed E-state index contributed by atoms with van der Waals surface area (Å²) in [6.07, 6.45) is -5.51. The predicted molar refractivity (Wildman–Crippen MR) is 122 cm³/mol. The minimum atomic E-state index is -1.09. The van der Waals surface area contributed by atoms with Crippen molar-refractivity contribution in [1.29, 1.82) is 0 Å². The van der Waals surface area contributed by atoms with E-state index in [2.05, 4.69) is 22.6 Å². The fourth-order valence-electron chi connectivity index (χ4n) is 3.86. The Morgan fingerprint density at radius 2 is 1.71 bits per heavy atom. The molecule has 1 aromatic rings. The number of carbonyl (C=O) groups excluding carboxylic acids is 1. The number of alkyl halides is 1. The van der Waals surface area contributed by atoms with E-state index in [0.717, 1.165) is 4.46 Å². The second kappa shape index (κ2) is 11.2. The number of rotatable bonds is 6. The van der Waals surface area contributed by atoms with E-state index in [9.17, 15) is 15.0 Å². The van der Waals surface area contributed by atoms with Crippen molar-refractivity contribution in [3.63, 3.8) is 0 Å². The van der Waals surface area contributed by atoms with E-state index in [1.54, 1.807) is 6.92 Å². The van der Waals surface area contributed by atoms with Crippen LogP contribution < -0.4 is 4.46 Å². The van der Waals surface area contributed by atoms with Crippen LogP contribution in [0.2, 0.25) is 4.82 Å². The number of methoxy groups -OCH3 is 1. The van der Waals surface area contributed by atoms with Gasteiger partial charge in [-0.15, -0.1) is 0 Å². The van der Waals surface area contributed by atoms with Crippen LogP contribution in [0.1, 0.15) is 20.8 Å². The molecular weight excluding hydrogens is 586 g/mol. The first-order chi connectivity index (χ1) is 14.7. The number of halogens is 1. The zero-order valence-electron chi connectivity index (χ0n) is 17.8. The van der Waals surface area contributed by atoms with Gasteiger partial charge >= 0.3 is 203 Å². The summed E-state index contributed by atoms with van der Waals surface area (Å²) in [5.41, 5.74) is 0. The third kappa shape index (κ3) is 5.99. The number of hydrogen-bond acceptors (Lipinski definition) is 8. The van der Waals surface area contributed by atoms with Gasteiger partial charge in [-0.3, -0.25) is 0 Å². The Morgan fingerprint density at radius 1 is 1.06 bits per heavy atom. The summed E-state index contributed by atoms with van der Waals surface area (Å²) in [5, 5.41) is 21.4. The van der Waals surface area contributed by atoms with Crippen molar-refractivity contribution >= 4 is 48.0 Å². The zero-order valence-corrected chi connectivity index (χ0v) is 21.7.